The number of pyridine rings is 2. The normalized spacial score (nSPS) is 12.4. The van der Waals surface area contributed by atoms with Crippen LogP contribution >= 0.6 is 0 Å². The molecule has 1 aromatic carbocycles. The van der Waals surface area contributed by atoms with Crippen molar-refractivity contribution in [2.75, 3.05) is 6.54 Å². The summed E-state index contributed by atoms with van der Waals surface area (Å²) in [4.78, 5) is 8.87. The molecular formula is C22H27N3O. The largest absolute Gasteiger partial charge is 0.373 e. The third-order valence-corrected chi connectivity index (χ3v) is 4.59. The van der Waals surface area contributed by atoms with Crippen LogP contribution < -0.4 is 5.32 Å². The van der Waals surface area contributed by atoms with Crippen LogP contribution in [0.1, 0.15) is 55.7 Å². The van der Waals surface area contributed by atoms with E-state index in [-0.39, 0.29) is 0 Å². The first-order chi connectivity index (χ1) is 12.8. The Morgan fingerprint density at radius 3 is 2.77 bits per heavy atom. The second kappa shape index (κ2) is 9.41. The SMILES string of the molecule is CCCCCCNC(O)c1cc(Cc2cccnc2)c2ccccc2n1. The maximum absolute atomic E-state index is 10.5. The summed E-state index contributed by atoms with van der Waals surface area (Å²) in [6.07, 6.45) is 8.41. The van der Waals surface area contributed by atoms with Gasteiger partial charge in [-0.2, -0.15) is 0 Å². The predicted molar refractivity (Wildman–Crippen MR) is 106 cm³/mol. The maximum atomic E-state index is 10.5. The second-order valence-corrected chi connectivity index (χ2v) is 6.68. The lowest BCUT2D eigenvalue weighted by Gasteiger charge is -2.15. The molecule has 4 nitrogen and oxygen atoms in total. The topological polar surface area (TPSA) is 58.0 Å². The summed E-state index contributed by atoms with van der Waals surface area (Å²) in [6, 6.07) is 14.1. The number of nitrogens with one attached hydrogen (secondary N) is 1. The lowest BCUT2D eigenvalue weighted by Crippen LogP contribution is -2.23. The smallest absolute Gasteiger partial charge is 0.148 e. The van der Waals surface area contributed by atoms with Gasteiger partial charge < -0.3 is 5.11 Å². The van der Waals surface area contributed by atoms with Gasteiger partial charge in [0.1, 0.15) is 6.23 Å². The Balaban J connectivity index is 1.80. The zero-order valence-corrected chi connectivity index (χ0v) is 15.4. The number of hydrogen-bond acceptors (Lipinski definition) is 4. The maximum Gasteiger partial charge on any atom is 0.148 e. The summed E-state index contributed by atoms with van der Waals surface area (Å²) in [6.45, 7) is 3.00. The van der Waals surface area contributed by atoms with Gasteiger partial charge in [-0.1, -0.05) is 50.5 Å². The Bertz CT molecular complexity index is 820. The highest BCUT2D eigenvalue weighted by Gasteiger charge is 2.13. The average Bonchev–Trinajstić information content (AvgIpc) is 2.68. The molecule has 0 spiro atoms. The summed E-state index contributed by atoms with van der Waals surface area (Å²) in [5, 5.41) is 14.9. The van der Waals surface area contributed by atoms with Gasteiger partial charge in [0, 0.05) is 17.8 Å². The third kappa shape index (κ3) is 4.87. The fourth-order valence-corrected chi connectivity index (χ4v) is 3.17. The molecule has 2 heterocycles. The fourth-order valence-electron chi connectivity index (χ4n) is 3.17. The Morgan fingerprint density at radius 2 is 1.96 bits per heavy atom. The van der Waals surface area contributed by atoms with Gasteiger partial charge in [0.25, 0.3) is 0 Å². The van der Waals surface area contributed by atoms with Crippen LogP contribution in [-0.2, 0) is 6.42 Å². The molecule has 3 aromatic rings. The number of aromatic nitrogens is 2. The van der Waals surface area contributed by atoms with Gasteiger partial charge in [-0.15, -0.1) is 0 Å². The zero-order chi connectivity index (χ0) is 18.2. The number of para-hydroxylation sites is 1. The van der Waals surface area contributed by atoms with E-state index in [0.29, 0.717) is 5.69 Å². The molecule has 0 bridgehead atoms. The monoisotopic (exact) mass is 349 g/mol. The van der Waals surface area contributed by atoms with Gasteiger partial charge in [0.2, 0.25) is 0 Å². The number of hydrogen-bond donors (Lipinski definition) is 2. The molecule has 0 saturated carbocycles. The van der Waals surface area contributed by atoms with Crippen LogP contribution in [0.15, 0.2) is 54.9 Å². The number of rotatable bonds is 9. The van der Waals surface area contributed by atoms with Gasteiger partial charge in [0.15, 0.2) is 0 Å². The average molecular weight is 349 g/mol. The minimum Gasteiger partial charge on any atom is -0.373 e. The van der Waals surface area contributed by atoms with Crippen molar-refractivity contribution in [3.05, 3.63) is 71.7 Å². The van der Waals surface area contributed by atoms with Crippen molar-refractivity contribution < 1.29 is 5.11 Å². The van der Waals surface area contributed by atoms with E-state index >= 15 is 0 Å². The summed E-state index contributed by atoms with van der Waals surface area (Å²) in [7, 11) is 0. The fraction of sp³-hybridized carbons (Fsp3) is 0.364. The summed E-state index contributed by atoms with van der Waals surface area (Å²) in [5.41, 5.74) is 3.90. The number of aliphatic hydroxyl groups is 1. The standard InChI is InChI=1S/C22H27N3O/c1-2-3-4-7-13-24-22(26)21-15-18(14-17-9-8-12-23-16-17)19-10-5-6-11-20(19)25-21/h5-6,8-12,15-16,22,24,26H,2-4,7,13-14H2,1H3. The van der Waals surface area contributed by atoms with E-state index in [1.165, 1.54) is 19.3 Å². The van der Waals surface area contributed by atoms with Gasteiger partial charge in [0.05, 0.1) is 11.2 Å². The molecule has 2 aromatic heterocycles. The van der Waals surface area contributed by atoms with E-state index in [2.05, 4.69) is 34.3 Å². The molecule has 1 unspecified atom stereocenters. The summed E-state index contributed by atoms with van der Waals surface area (Å²) in [5.74, 6) is 0. The second-order valence-electron chi connectivity index (χ2n) is 6.68. The highest BCUT2D eigenvalue weighted by molar-refractivity contribution is 5.82. The molecule has 136 valence electrons. The highest BCUT2D eigenvalue weighted by Crippen LogP contribution is 2.23. The molecule has 0 saturated heterocycles. The van der Waals surface area contributed by atoms with E-state index in [0.717, 1.165) is 41.4 Å². The molecule has 0 aliphatic heterocycles. The van der Waals surface area contributed by atoms with Crippen molar-refractivity contribution in [2.24, 2.45) is 0 Å². The Hall–Kier alpha value is -2.30. The first-order valence-corrected chi connectivity index (χ1v) is 9.47. The molecule has 0 fully saturated rings. The van der Waals surface area contributed by atoms with Crippen molar-refractivity contribution in [3.63, 3.8) is 0 Å². The van der Waals surface area contributed by atoms with Crippen LogP contribution in [0.2, 0.25) is 0 Å². The Kier molecular flexibility index (Phi) is 6.69. The van der Waals surface area contributed by atoms with E-state index in [1.54, 1.807) is 6.20 Å². The van der Waals surface area contributed by atoms with Gasteiger partial charge in [-0.3, -0.25) is 10.3 Å². The number of fused-ring (bicyclic) bond motifs is 1. The van der Waals surface area contributed by atoms with Crippen molar-refractivity contribution in [2.45, 2.75) is 45.3 Å². The molecule has 0 radical (unpaired) electrons. The van der Waals surface area contributed by atoms with E-state index in [9.17, 15) is 5.11 Å². The number of benzene rings is 1. The van der Waals surface area contributed by atoms with Crippen LogP contribution in [-0.4, -0.2) is 21.6 Å². The van der Waals surface area contributed by atoms with E-state index in [1.807, 2.05) is 36.5 Å². The van der Waals surface area contributed by atoms with Crippen LogP contribution in [0.3, 0.4) is 0 Å². The molecule has 2 N–H and O–H groups in total. The Labute approximate surface area is 155 Å². The lowest BCUT2D eigenvalue weighted by molar-refractivity contribution is 0.134. The van der Waals surface area contributed by atoms with Crippen LogP contribution in [0.5, 0.6) is 0 Å². The molecule has 1 atom stereocenters. The van der Waals surface area contributed by atoms with Gasteiger partial charge in [-0.05, 0) is 48.7 Å². The van der Waals surface area contributed by atoms with Crippen molar-refractivity contribution in [1.29, 1.82) is 0 Å². The summed E-state index contributed by atoms with van der Waals surface area (Å²) < 4.78 is 0. The highest BCUT2D eigenvalue weighted by atomic mass is 16.3. The molecule has 0 aliphatic rings. The molecular weight excluding hydrogens is 322 g/mol. The van der Waals surface area contributed by atoms with Gasteiger partial charge in [-0.25, -0.2) is 4.98 Å². The van der Waals surface area contributed by atoms with Crippen LogP contribution in [0, 0.1) is 0 Å². The van der Waals surface area contributed by atoms with Crippen molar-refractivity contribution in [3.8, 4) is 0 Å². The zero-order valence-electron chi connectivity index (χ0n) is 15.4. The van der Waals surface area contributed by atoms with E-state index in [4.69, 9.17) is 0 Å². The number of aliphatic hydroxyl groups excluding tert-OH is 1. The molecule has 0 amide bonds. The summed E-state index contributed by atoms with van der Waals surface area (Å²) >= 11 is 0. The first-order valence-electron chi connectivity index (χ1n) is 9.47. The first kappa shape index (κ1) is 18.5. The third-order valence-electron chi connectivity index (χ3n) is 4.59. The van der Waals surface area contributed by atoms with Crippen LogP contribution in [0.25, 0.3) is 10.9 Å². The lowest BCUT2D eigenvalue weighted by atomic mass is 10.0. The van der Waals surface area contributed by atoms with Crippen molar-refractivity contribution >= 4 is 10.9 Å². The van der Waals surface area contributed by atoms with Crippen molar-refractivity contribution in [1.82, 2.24) is 15.3 Å². The quantitative estimate of drug-likeness (QED) is 0.444. The van der Waals surface area contributed by atoms with Crippen LogP contribution in [0.4, 0.5) is 0 Å². The molecule has 3 rings (SSSR count). The Morgan fingerprint density at radius 1 is 1.08 bits per heavy atom. The number of nitrogens with zero attached hydrogens (tertiary/aromatic N) is 2. The molecule has 4 heteroatoms. The minimum atomic E-state index is -0.742. The molecule has 0 aliphatic carbocycles. The predicted octanol–water partition coefficient (Wildman–Crippen LogP) is 4.38. The van der Waals surface area contributed by atoms with E-state index < -0.39 is 6.23 Å². The number of unbranched alkanes of at least 4 members (excludes halogenated alkanes) is 3. The van der Waals surface area contributed by atoms with Gasteiger partial charge >= 0.3 is 0 Å². The minimum absolute atomic E-state index is 0.679. The molecule has 26 heavy (non-hydrogen) atoms.